The number of nitrogen functional groups attached to an aromatic ring is 1. The second kappa shape index (κ2) is 6.12. The number of hydrogen-bond acceptors (Lipinski definition) is 8. The van der Waals surface area contributed by atoms with Crippen molar-refractivity contribution in [2.45, 2.75) is 20.1 Å². The first-order valence-electron chi connectivity index (χ1n) is 5.71. The molecule has 0 aliphatic heterocycles. The van der Waals surface area contributed by atoms with Crippen LogP contribution < -0.4 is 16.6 Å². The molecule has 102 valence electrons. The first kappa shape index (κ1) is 13.2. The number of nitrogens with zero attached hydrogens (tertiary/aromatic N) is 3. The van der Waals surface area contributed by atoms with Gasteiger partial charge in [-0.25, -0.2) is 15.8 Å². The number of rotatable bonds is 6. The summed E-state index contributed by atoms with van der Waals surface area (Å²) >= 11 is 0. The summed E-state index contributed by atoms with van der Waals surface area (Å²) in [5.74, 6) is 7.81. The van der Waals surface area contributed by atoms with Crippen LogP contribution in [0.4, 0.5) is 11.6 Å². The highest BCUT2D eigenvalue weighted by Gasteiger charge is 2.05. The zero-order chi connectivity index (χ0) is 13.7. The Labute approximate surface area is 110 Å². The van der Waals surface area contributed by atoms with Crippen molar-refractivity contribution in [3.63, 3.8) is 0 Å². The molecular weight excluding hydrogens is 248 g/mol. The summed E-state index contributed by atoms with van der Waals surface area (Å²) in [5.41, 5.74) is 3.29. The molecule has 0 radical (unpaired) electrons. The fraction of sp³-hybridized carbons (Fsp3) is 0.364. The SMILES string of the molecule is COCc1nc(NN)cc(NCc2cc(C)on2)n1. The molecule has 0 saturated carbocycles. The van der Waals surface area contributed by atoms with E-state index in [0.717, 1.165) is 11.5 Å². The fourth-order valence-electron chi connectivity index (χ4n) is 1.54. The summed E-state index contributed by atoms with van der Waals surface area (Å²) in [6, 6.07) is 3.55. The zero-order valence-electron chi connectivity index (χ0n) is 10.8. The Morgan fingerprint density at radius 2 is 2.11 bits per heavy atom. The average molecular weight is 264 g/mol. The van der Waals surface area contributed by atoms with Crippen molar-refractivity contribution in [1.29, 1.82) is 0 Å². The number of aromatic nitrogens is 3. The van der Waals surface area contributed by atoms with Crippen molar-refractivity contribution >= 4 is 11.6 Å². The molecule has 0 fully saturated rings. The Bertz CT molecular complexity index is 542. The van der Waals surface area contributed by atoms with Gasteiger partial charge in [-0.3, -0.25) is 0 Å². The van der Waals surface area contributed by atoms with Gasteiger partial charge in [0.05, 0.1) is 6.54 Å². The fourth-order valence-corrected chi connectivity index (χ4v) is 1.54. The lowest BCUT2D eigenvalue weighted by molar-refractivity contribution is 0.178. The summed E-state index contributed by atoms with van der Waals surface area (Å²) in [5, 5.41) is 7.01. The van der Waals surface area contributed by atoms with E-state index in [-0.39, 0.29) is 0 Å². The Kier molecular flexibility index (Phi) is 4.26. The topological polar surface area (TPSA) is 111 Å². The lowest BCUT2D eigenvalue weighted by Gasteiger charge is -2.08. The van der Waals surface area contributed by atoms with Gasteiger partial charge in [0, 0.05) is 19.2 Å². The second-order valence-electron chi connectivity index (χ2n) is 3.91. The summed E-state index contributed by atoms with van der Waals surface area (Å²) in [6.45, 7) is 2.66. The minimum absolute atomic E-state index is 0.313. The van der Waals surface area contributed by atoms with Crippen molar-refractivity contribution in [2.24, 2.45) is 5.84 Å². The molecule has 0 aromatic carbocycles. The van der Waals surface area contributed by atoms with Crippen LogP contribution in [-0.2, 0) is 17.9 Å². The zero-order valence-corrected chi connectivity index (χ0v) is 10.8. The van der Waals surface area contributed by atoms with E-state index in [4.69, 9.17) is 15.1 Å². The van der Waals surface area contributed by atoms with Gasteiger partial charge < -0.3 is 20.0 Å². The maximum atomic E-state index is 5.36. The normalized spacial score (nSPS) is 10.5. The van der Waals surface area contributed by atoms with Crippen molar-refractivity contribution in [2.75, 3.05) is 17.9 Å². The van der Waals surface area contributed by atoms with E-state index >= 15 is 0 Å². The van der Waals surface area contributed by atoms with E-state index < -0.39 is 0 Å². The number of hydrazine groups is 1. The quantitative estimate of drug-likeness (QED) is 0.519. The monoisotopic (exact) mass is 264 g/mol. The van der Waals surface area contributed by atoms with Crippen LogP contribution in [-0.4, -0.2) is 22.2 Å². The molecule has 0 bridgehead atoms. The van der Waals surface area contributed by atoms with E-state index in [9.17, 15) is 0 Å². The van der Waals surface area contributed by atoms with Crippen LogP contribution in [0.2, 0.25) is 0 Å². The van der Waals surface area contributed by atoms with Gasteiger partial charge in [-0.1, -0.05) is 5.16 Å². The van der Waals surface area contributed by atoms with Crippen molar-refractivity contribution in [3.05, 3.63) is 29.4 Å². The van der Waals surface area contributed by atoms with E-state index in [1.807, 2.05) is 13.0 Å². The highest BCUT2D eigenvalue weighted by Crippen LogP contribution is 2.12. The van der Waals surface area contributed by atoms with Gasteiger partial charge in [0.15, 0.2) is 5.82 Å². The molecule has 0 aliphatic carbocycles. The lowest BCUT2D eigenvalue weighted by Crippen LogP contribution is -2.12. The molecule has 19 heavy (non-hydrogen) atoms. The molecule has 4 N–H and O–H groups in total. The summed E-state index contributed by atoms with van der Waals surface area (Å²) in [6.07, 6.45) is 0. The van der Waals surface area contributed by atoms with Crippen LogP contribution in [0.1, 0.15) is 17.3 Å². The summed E-state index contributed by atoms with van der Waals surface area (Å²) in [4.78, 5) is 8.45. The summed E-state index contributed by atoms with van der Waals surface area (Å²) < 4.78 is 9.98. The van der Waals surface area contributed by atoms with Gasteiger partial charge in [-0.05, 0) is 6.92 Å². The molecule has 2 aromatic heterocycles. The third kappa shape index (κ3) is 3.63. The molecular formula is C11H16N6O2. The maximum Gasteiger partial charge on any atom is 0.158 e. The molecule has 8 nitrogen and oxygen atoms in total. The molecule has 0 amide bonds. The first-order chi connectivity index (χ1) is 9.21. The van der Waals surface area contributed by atoms with Crippen LogP contribution >= 0.6 is 0 Å². The first-order valence-corrected chi connectivity index (χ1v) is 5.71. The standard InChI is InChI=1S/C11H16N6O2/c1-7-3-8(17-19-7)5-13-9-4-10(16-12)15-11(14-9)6-18-2/h3-4H,5-6,12H2,1-2H3,(H2,13,14,15,16). The average Bonchev–Trinajstić information content (AvgIpc) is 2.82. The van der Waals surface area contributed by atoms with Crippen LogP contribution in [0.25, 0.3) is 0 Å². The van der Waals surface area contributed by atoms with Crippen LogP contribution in [0.3, 0.4) is 0 Å². The van der Waals surface area contributed by atoms with Gasteiger partial charge in [0.2, 0.25) is 0 Å². The number of ether oxygens (including phenoxy) is 1. The molecule has 2 heterocycles. The molecule has 0 saturated heterocycles. The number of aryl methyl sites for hydroxylation is 1. The van der Waals surface area contributed by atoms with Crippen molar-refractivity contribution in [3.8, 4) is 0 Å². The predicted molar refractivity (Wildman–Crippen MR) is 69.1 cm³/mol. The third-order valence-corrected chi connectivity index (χ3v) is 2.32. The number of anilines is 2. The molecule has 2 rings (SSSR count). The Morgan fingerprint density at radius 3 is 2.74 bits per heavy atom. The van der Waals surface area contributed by atoms with E-state index in [1.54, 1.807) is 13.2 Å². The van der Waals surface area contributed by atoms with Crippen LogP contribution in [0, 0.1) is 6.92 Å². The van der Waals surface area contributed by atoms with E-state index in [2.05, 4.69) is 25.9 Å². The number of methoxy groups -OCH3 is 1. The van der Waals surface area contributed by atoms with E-state index in [0.29, 0.717) is 30.6 Å². The largest absolute Gasteiger partial charge is 0.377 e. The van der Waals surface area contributed by atoms with Gasteiger partial charge in [0.1, 0.15) is 29.7 Å². The van der Waals surface area contributed by atoms with Gasteiger partial charge in [-0.2, -0.15) is 0 Å². The lowest BCUT2D eigenvalue weighted by atomic mass is 10.3. The smallest absolute Gasteiger partial charge is 0.158 e. The van der Waals surface area contributed by atoms with Crippen molar-refractivity contribution in [1.82, 2.24) is 15.1 Å². The Balaban J connectivity index is 2.08. The Morgan fingerprint density at radius 1 is 1.32 bits per heavy atom. The number of nitrogens with two attached hydrogens (primary N) is 1. The molecule has 0 aliphatic rings. The summed E-state index contributed by atoms with van der Waals surface area (Å²) in [7, 11) is 1.58. The highest BCUT2D eigenvalue weighted by molar-refractivity contribution is 5.46. The highest BCUT2D eigenvalue weighted by atomic mass is 16.5. The molecule has 0 unspecified atom stereocenters. The Hall–Kier alpha value is -2.19. The maximum absolute atomic E-state index is 5.36. The molecule has 2 aromatic rings. The van der Waals surface area contributed by atoms with Crippen LogP contribution in [0.15, 0.2) is 16.7 Å². The van der Waals surface area contributed by atoms with Gasteiger partial charge >= 0.3 is 0 Å². The molecule has 0 atom stereocenters. The molecule has 0 spiro atoms. The van der Waals surface area contributed by atoms with Gasteiger partial charge in [-0.15, -0.1) is 0 Å². The van der Waals surface area contributed by atoms with E-state index in [1.165, 1.54) is 0 Å². The minimum atomic E-state index is 0.313. The molecule has 8 heteroatoms. The minimum Gasteiger partial charge on any atom is -0.377 e. The third-order valence-electron chi connectivity index (χ3n) is 2.32. The number of nitrogens with one attached hydrogen (secondary N) is 2. The second-order valence-corrected chi connectivity index (χ2v) is 3.91. The van der Waals surface area contributed by atoms with Crippen LogP contribution in [0.5, 0.6) is 0 Å². The number of hydrogen-bond donors (Lipinski definition) is 3. The predicted octanol–water partition coefficient (Wildman–Crippen LogP) is 0.817. The van der Waals surface area contributed by atoms with Crippen molar-refractivity contribution < 1.29 is 9.26 Å². The van der Waals surface area contributed by atoms with Gasteiger partial charge in [0.25, 0.3) is 0 Å².